The van der Waals surface area contributed by atoms with Gasteiger partial charge in [-0.1, -0.05) is 54.4 Å². The Labute approximate surface area is 276 Å². The maximum absolute atomic E-state index is 13.2. The molecule has 0 aliphatic carbocycles. The average molecular weight is 658 g/mol. The minimum absolute atomic E-state index is 0.00548. The maximum atomic E-state index is 13.2. The number of nitrogen functional groups attached to an aromatic ring is 5. The number of nitrogens with two attached hydrogens (primary N) is 5. The Balaban J connectivity index is 1.76. The quantitative estimate of drug-likeness (QED) is 0.0687. The molecule has 13 nitrogen and oxygen atoms in total. The predicted octanol–water partition coefficient (Wildman–Crippen LogP) is 5.07. The number of ether oxygens (including phenoxy) is 5. The zero-order valence-electron chi connectivity index (χ0n) is 28.5. The highest BCUT2D eigenvalue weighted by Gasteiger charge is 2.51. The molecule has 0 saturated carbocycles. The lowest BCUT2D eigenvalue weighted by molar-refractivity contribution is -0.135. The smallest absolute Gasteiger partial charge is 0.347 e. The molecule has 1 saturated heterocycles. The molecule has 10 N–H and O–H groups in total. The topological polar surface area (TPSA) is 231 Å². The fraction of sp³-hybridized carbons (Fsp3) is 0.559. The van der Waals surface area contributed by atoms with Crippen molar-refractivity contribution in [2.45, 2.75) is 86.5 Å². The SMILES string of the molecule is CCC(C)CC(C)COC(=O)c1c(N)c(C)cc(N)c1OC(=O)C1OC1Oc1c(N)cc(N)c(N)c1C(=O)OCC(C)CC(C)CC. The molecule has 1 heterocycles. The summed E-state index contributed by atoms with van der Waals surface area (Å²) >= 11 is 0. The van der Waals surface area contributed by atoms with Crippen LogP contribution in [0.15, 0.2) is 12.1 Å². The molecule has 0 aromatic heterocycles. The fourth-order valence-corrected chi connectivity index (χ4v) is 5.26. The summed E-state index contributed by atoms with van der Waals surface area (Å²) in [5, 5.41) is 0. The molecule has 6 atom stereocenters. The molecule has 0 radical (unpaired) electrons. The molecule has 2 aromatic carbocycles. The second kappa shape index (κ2) is 15.9. The summed E-state index contributed by atoms with van der Waals surface area (Å²) in [5.41, 5.74) is 30.9. The van der Waals surface area contributed by atoms with Gasteiger partial charge in [0.25, 0.3) is 0 Å². The Morgan fingerprint density at radius 3 is 1.72 bits per heavy atom. The van der Waals surface area contributed by atoms with Crippen LogP contribution in [-0.2, 0) is 19.0 Å². The molecule has 1 fully saturated rings. The van der Waals surface area contributed by atoms with Crippen LogP contribution in [0.25, 0.3) is 0 Å². The molecule has 1 aliphatic rings. The van der Waals surface area contributed by atoms with E-state index >= 15 is 0 Å². The van der Waals surface area contributed by atoms with Crippen LogP contribution in [0.2, 0.25) is 0 Å². The van der Waals surface area contributed by atoms with Crippen LogP contribution < -0.4 is 38.1 Å². The van der Waals surface area contributed by atoms with Gasteiger partial charge in [-0.3, -0.25) is 0 Å². The first-order valence-electron chi connectivity index (χ1n) is 16.1. The number of carbonyl (C=O) groups is 3. The third-order valence-corrected chi connectivity index (χ3v) is 8.47. The Bertz CT molecular complexity index is 1460. The van der Waals surface area contributed by atoms with E-state index in [0.717, 1.165) is 25.7 Å². The Kier molecular flexibility index (Phi) is 12.6. The van der Waals surface area contributed by atoms with Crippen LogP contribution >= 0.6 is 0 Å². The Hall–Kier alpha value is -4.39. The second-order valence-corrected chi connectivity index (χ2v) is 12.9. The van der Waals surface area contributed by atoms with Crippen LogP contribution in [0.5, 0.6) is 11.5 Å². The standard InChI is InChI=1S/C34H51N5O8/c1-8-16(3)10-18(5)14-43-31(40)24-26(38)20(7)12-22(36)28(24)45-33(42)30-34(47-30)46-29-23(37)13-21(35)27(39)25(29)32(41)44-15-19(6)11-17(4)9-2/h12-13,16-19,30,34H,8-11,14-15,35-39H2,1-7H3. The van der Waals surface area contributed by atoms with Crippen molar-refractivity contribution in [3.05, 3.63) is 28.8 Å². The normalized spacial score (nSPS) is 18.0. The largest absolute Gasteiger partial charge is 0.462 e. The lowest BCUT2D eigenvalue weighted by Gasteiger charge is -2.19. The molecule has 0 amide bonds. The van der Waals surface area contributed by atoms with Crippen molar-refractivity contribution in [2.24, 2.45) is 23.7 Å². The van der Waals surface area contributed by atoms with Gasteiger partial charge in [0, 0.05) is 0 Å². The third-order valence-electron chi connectivity index (χ3n) is 8.47. The first-order valence-corrected chi connectivity index (χ1v) is 16.1. The van der Waals surface area contributed by atoms with Gasteiger partial charge in [-0.05, 0) is 61.1 Å². The van der Waals surface area contributed by atoms with Gasteiger partial charge in [-0.25, -0.2) is 14.4 Å². The molecule has 13 heteroatoms. The number of hydrogen-bond donors (Lipinski definition) is 5. The number of aryl methyl sites for hydroxylation is 1. The zero-order chi connectivity index (χ0) is 35.2. The Morgan fingerprint density at radius 2 is 1.21 bits per heavy atom. The first-order chi connectivity index (χ1) is 22.1. The minimum Gasteiger partial charge on any atom is -0.462 e. The molecule has 3 rings (SSSR count). The van der Waals surface area contributed by atoms with Crippen molar-refractivity contribution in [1.82, 2.24) is 0 Å². The molecule has 47 heavy (non-hydrogen) atoms. The Morgan fingerprint density at radius 1 is 0.723 bits per heavy atom. The highest BCUT2D eigenvalue weighted by Crippen LogP contribution is 2.41. The van der Waals surface area contributed by atoms with E-state index in [2.05, 4.69) is 27.7 Å². The van der Waals surface area contributed by atoms with E-state index in [0.29, 0.717) is 17.4 Å². The fourth-order valence-electron chi connectivity index (χ4n) is 5.26. The van der Waals surface area contributed by atoms with Crippen molar-refractivity contribution in [3.8, 4) is 11.5 Å². The zero-order valence-corrected chi connectivity index (χ0v) is 28.5. The lowest BCUT2D eigenvalue weighted by atomic mass is 9.96. The van der Waals surface area contributed by atoms with Gasteiger partial charge >= 0.3 is 17.9 Å². The first kappa shape index (κ1) is 37.1. The van der Waals surface area contributed by atoms with Crippen LogP contribution in [0.4, 0.5) is 28.4 Å². The van der Waals surface area contributed by atoms with Gasteiger partial charge in [0.15, 0.2) is 11.5 Å². The van der Waals surface area contributed by atoms with E-state index in [1.54, 1.807) is 6.92 Å². The van der Waals surface area contributed by atoms with Crippen molar-refractivity contribution in [2.75, 3.05) is 41.9 Å². The third kappa shape index (κ3) is 9.34. The number of esters is 3. The summed E-state index contributed by atoms with van der Waals surface area (Å²) in [6, 6.07) is 2.82. The molecular weight excluding hydrogens is 606 g/mol. The molecule has 0 spiro atoms. The number of anilines is 5. The summed E-state index contributed by atoms with van der Waals surface area (Å²) in [4.78, 5) is 39.6. The highest BCUT2D eigenvalue weighted by atomic mass is 16.8. The molecule has 2 aromatic rings. The van der Waals surface area contributed by atoms with E-state index < -0.39 is 30.3 Å². The van der Waals surface area contributed by atoms with E-state index in [1.165, 1.54) is 12.1 Å². The van der Waals surface area contributed by atoms with Crippen molar-refractivity contribution >= 4 is 46.3 Å². The molecule has 0 bridgehead atoms. The number of benzene rings is 2. The van der Waals surface area contributed by atoms with Crippen molar-refractivity contribution < 1.29 is 38.1 Å². The monoisotopic (exact) mass is 657 g/mol. The summed E-state index contributed by atoms with van der Waals surface area (Å²) in [7, 11) is 0. The molecule has 6 unspecified atom stereocenters. The highest BCUT2D eigenvalue weighted by molar-refractivity contribution is 6.04. The van der Waals surface area contributed by atoms with E-state index in [4.69, 9.17) is 52.4 Å². The van der Waals surface area contributed by atoms with Gasteiger partial charge in [-0.2, -0.15) is 0 Å². The van der Waals surface area contributed by atoms with Crippen LogP contribution in [0.3, 0.4) is 0 Å². The van der Waals surface area contributed by atoms with Crippen LogP contribution in [0.1, 0.15) is 93.5 Å². The average Bonchev–Trinajstić information content (AvgIpc) is 3.79. The molecule has 260 valence electrons. The number of hydrogen-bond acceptors (Lipinski definition) is 13. The second-order valence-electron chi connectivity index (χ2n) is 12.9. The summed E-state index contributed by atoms with van der Waals surface area (Å²) in [6.07, 6.45) is 1.30. The number of rotatable bonds is 16. The lowest BCUT2D eigenvalue weighted by Crippen LogP contribution is -2.24. The van der Waals surface area contributed by atoms with Gasteiger partial charge in [0.05, 0.1) is 41.7 Å². The van der Waals surface area contributed by atoms with Crippen molar-refractivity contribution in [1.29, 1.82) is 0 Å². The van der Waals surface area contributed by atoms with Crippen molar-refractivity contribution in [3.63, 3.8) is 0 Å². The van der Waals surface area contributed by atoms with E-state index in [1.807, 2.05) is 13.8 Å². The van der Waals surface area contributed by atoms with Gasteiger partial charge in [0.2, 0.25) is 12.4 Å². The predicted molar refractivity (Wildman–Crippen MR) is 182 cm³/mol. The molecule has 1 aliphatic heterocycles. The van der Waals surface area contributed by atoms with Crippen LogP contribution in [-0.4, -0.2) is 43.5 Å². The van der Waals surface area contributed by atoms with Gasteiger partial charge in [-0.15, -0.1) is 0 Å². The van der Waals surface area contributed by atoms with E-state index in [9.17, 15) is 14.4 Å². The summed E-state index contributed by atoms with van der Waals surface area (Å²) in [6.45, 7) is 14.4. The number of carbonyl (C=O) groups excluding carboxylic acids is 3. The van der Waals surface area contributed by atoms with E-state index in [-0.39, 0.29) is 76.1 Å². The number of epoxide rings is 1. The summed E-state index contributed by atoms with van der Waals surface area (Å²) < 4.78 is 27.9. The minimum atomic E-state index is -1.26. The van der Waals surface area contributed by atoms with Gasteiger partial charge < -0.3 is 52.4 Å². The summed E-state index contributed by atoms with van der Waals surface area (Å²) in [5.74, 6) is -1.73. The van der Waals surface area contributed by atoms with Gasteiger partial charge in [0.1, 0.15) is 11.1 Å². The van der Waals surface area contributed by atoms with Crippen LogP contribution in [0, 0.1) is 30.6 Å². The molecular formula is C34H51N5O8. The maximum Gasteiger partial charge on any atom is 0.347 e.